The Morgan fingerprint density at radius 3 is 2.71 bits per heavy atom. The lowest BCUT2D eigenvalue weighted by Gasteiger charge is -2.12. The van der Waals surface area contributed by atoms with Gasteiger partial charge >= 0.3 is 0 Å². The molecule has 17 heavy (non-hydrogen) atoms. The molecular weight excluding hydrogens is 208 g/mol. The zero-order valence-electron chi connectivity index (χ0n) is 11.0. The van der Waals surface area contributed by atoms with E-state index in [9.17, 15) is 0 Å². The van der Waals surface area contributed by atoms with Crippen LogP contribution in [-0.2, 0) is 6.54 Å². The molecule has 1 N–H and O–H groups in total. The SMILES string of the molecule is CNCc1cc(C(C)C)nc2c(C)cccc12. The zero-order valence-corrected chi connectivity index (χ0v) is 11.0. The third-order valence-corrected chi connectivity index (χ3v) is 3.11. The van der Waals surface area contributed by atoms with Crippen LogP contribution in [0.25, 0.3) is 10.9 Å². The van der Waals surface area contributed by atoms with Crippen molar-refractivity contribution in [3.63, 3.8) is 0 Å². The van der Waals surface area contributed by atoms with Gasteiger partial charge in [0, 0.05) is 17.6 Å². The van der Waals surface area contributed by atoms with Gasteiger partial charge in [-0.05, 0) is 37.1 Å². The first-order valence-electron chi connectivity index (χ1n) is 6.17. The van der Waals surface area contributed by atoms with Crippen molar-refractivity contribution in [1.29, 1.82) is 0 Å². The van der Waals surface area contributed by atoms with Crippen LogP contribution in [0, 0.1) is 6.92 Å². The Hall–Kier alpha value is -1.41. The standard InChI is InChI=1S/C15H20N2/c1-10(2)14-8-12(9-16-4)13-7-5-6-11(3)15(13)17-14/h5-8,10,16H,9H2,1-4H3. The predicted molar refractivity (Wildman–Crippen MR) is 73.3 cm³/mol. The van der Waals surface area contributed by atoms with Crippen molar-refractivity contribution >= 4 is 10.9 Å². The molecule has 1 heterocycles. The first kappa shape index (κ1) is 12.1. The number of hydrogen-bond donors (Lipinski definition) is 1. The fourth-order valence-electron chi connectivity index (χ4n) is 2.12. The minimum atomic E-state index is 0.467. The van der Waals surface area contributed by atoms with Crippen LogP contribution in [0.1, 0.15) is 36.6 Å². The summed E-state index contributed by atoms with van der Waals surface area (Å²) in [6.45, 7) is 7.40. The topological polar surface area (TPSA) is 24.9 Å². The van der Waals surface area contributed by atoms with Gasteiger partial charge in [0.05, 0.1) is 5.52 Å². The molecule has 0 fully saturated rings. The second kappa shape index (κ2) is 4.84. The van der Waals surface area contributed by atoms with E-state index in [0.29, 0.717) is 5.92 Å². The number of hydrogen-bond acceptors (Lipinski definition) is 2. The zero-order chi connectivity index (χ0) is 12.4. The van der Waals surface area contributed by atoms with Gasteiger partial charge in [-0.15, -0.1) is 0 Å². The smallest absolute Gasteiger partial charge is 0.0737 e. The van der Waals surface area contributed by atoms with Crippen LogP contribution in [0.4, 0.5) is 0 Å². The summed E-state index contributed by atoms with van der Waals surface area (Å²) < 4.78 is 0. The largest absolute Gasteiger partial charge is 0.316 e. The Balaban J connectivity index is 2.72. The lowest BCUT2D eigenvalue weighted by atomic mass is 10.0. The average molecular weight is 228 g/mol. The molecule has 0 bridgehead atoms. The van der Waals surface area contributed by atoms with Crippen LogP contribution < -0.4 is 5.32 Å². The second-order valence-corrected chi connectivity index (χ2v) is 4.86. The molecule has 0 saturated heterocycles. The third-order valence-electron chi connectivity index (χ3n) is 3.11. The summed E-state index contributed by atoms with van der Waals surface area (Å²) in [5, 5.41) is 4.50. The Bertz CT molecular complexity index is 530. The normalized spacial score (nSPS) is 11.4. The maximum absolute atomic E-state index is 4.79. The number of para-hydroxylation sites is 1. The van der Waals surface area contributed by atoms with Gasteiger partial charge in [-0.1, -0.05) is 32.0 Å². The van der Waals surface area contributed by atoms with E-state index in [4.69, 9.17) is 4.98 Å². The molecule has 0 atom stereocenters. The number of nitrogens with one attached hydrogen (secondary N) is 1. The number of nitrogens with zero attached hydrogens (tertiary/aromatic N) is 1. The van der Waals surface area contributed by atoms with Gasteiger partial charge < -0.3 is 5.32 Å². The lowest BCUT2D eigenvalue weighted by Crippen LogP contribution is -2.08. The van der Waals surface area contributed by atoms with E-state index < -0.39 is 0 Å². The molecule has 2 rings (SSSR count). The van der Waals surface area contributed by atoms with E-state index >= 15 is 0 Å². The lowest BCUT2D eigenvalue weighted by molar-refractivity contribution is 0.798. The molecule has 0 aliphatic heterocycles. The van der Waals surface area contributed by atoms with Crippen molar-refractivity contribution in [2.45, 2.75) is 33.2 Å². The number of benzene rings is 1. The van der Waals surface area contributed by atoms with Crippen LogP contribution in [0.2, 0.25) is 0 Å². The first-order chi connectivity index (χ1) is 8.13. The summed E-state index contributed by atoms with van der Waals surface area (Å²) in [6, 6.07) is 8.62. The second-order valence-electron chi connectivity index (χ2n) is 4.86. The van der Waals surface area contributed by atoms with E-state index in [0.717, 1.165) is 12.1 Å². The molecule has 0 aliphatic carbocycles. The van der Waals surface area contributed by atoms with E-state index in [-0.39, 0.29) is 0 Å². The van der Waals surface area contributed by atoms with Crippen molar-refractivity contribution in [1.82, 2.24) is 10.3 Å². The Morgan fingerprint density at radius 1 is 1.29 bits per heavy atom. The molecule has 1 aromatic carbocycles. The monoisotopic (exact) mass is 228 g/mol. The van der Waals surface area contributed by atoms with Gasteiger partial charge in [-0.2, -0.15) is 0 Å². The van der Waals surface area contributed by atoms with E-state index in [1.165, 1.54) is 22.2 Å². The third kappa shape index (κ3) is 2.32. The molecule has 1 aromatic heterocycles. The Kier molecular flexibility index (Phi) is 3.43. The van der Waals surface area contributed by atoms with E-state index in [1.54, 1.807) is 0 Å². The highest BCUT2D eigenvalue weighted by Gasteiger charge is 2.09. The molecule has 90 valence electrons. The summed E-state index contributed by atoms with van der Waals surface area (Å²) in [5.41, 5.74) is 4.91. The number of fused-ring (bicyclic) bond motifs is 1. The van der Waals surface area contributed by atoms with Crippen molar-refractivity contribution in [2.24, 2.45) is 0 Å². The highest BCUT2D eigenvalue weighted by molar-refractivity contribution is 5.85. The summed E-state index contributed by atoms with van der Waals surface area (Å²) in [7, 11) is 1.98. The summed E-state index contributed by atoms with van der Waals surface area (Å²) in [4.78, 5) is 4.79. The number of pyridine rings is 1. The van der Waals surface area contributed by atoms with Gasteiger partial charge in [-0.3, -0.25) is 4.98 Å². The Morgan fingerprint density at radius 2 is 2.06 bits per heavy atom. The molecule has 2 aromatic rings. The highest BCUT2D eigenvalue weighted by atomic mass is 14.8. The molecule has 0 unspecified atom stereocenters. The minimum absolute atomic E-state index is 0.467. The molecule has 2 heteroatoms. The van der Waals surface area contributed by atoms with Gasteiger partial charge in [0.25, 0.3) is 0 Å². The van der Waals surface area contributed by atoms with Crippen LogP contribution >= 0.6 is 0 Å². The van der Waals surface area contributed by atoms with Crippen molar-refractivity contribution in [3.8, 4) is 0 Å². The predicted octanol–water partition coefficient (Wildman–Crippen LogP) is 3.39. The van der Waals surface area contributed by atoms with Gasteiger partial charge in [-0.25, -0.2) is 0 Å². The summed E-state index contributed by atoms with van der Waals surface area (Å²) in [6.07, 6.45) is 0. The fraction of sp³-hybridized carbons (Fsp3) is 0.400. The first-order valence-corrected chi connectivity index (χ1v) is 6.17. The highest BCUT2D eigenvalue weighted by Crippen LogP contribution is 2.24. The van der Waals surface area contributed by atoms with Crippen molar-refractivity contribution in [3.05, 3.63) is 41.1 Å². The van der Waals surface area contributed by atoms with E-state index in [2.05, 4.69) is 50.4 Å². The molecule has 0 radical (unpaired) electrons. The minimum Gasteiger partial charge on any atom is -0.316 e. The van der Waals surface area contributed by atoms with Crippen molar-refractivity contribution in [2.75, 3.05) is 7.05 Å². The average Bonchev–Trinajstić information content (AvgIpc) is 2.30. The van der Waals surface area contributed by atoms with Crippen molar-refractivity contribution < 1.29 is 0 Å². The van der Waals surface area contributed by atoms with Crippen LogP contribution in [0.15, 0.2) is 24.3 Å². The number of aromatic nitrogens is 1. The molecule has 2 nitrogen and oxygen atoms in total. The number of aryl methyl sites for hydroxylation is 1. The van der Waals surface area contributed by atoms with Crippen LogP contribution in [-0.4, -0.2) is 12.0 Å². The van der Waals surface area contributed by atoms with Crippen LogP contribution in [0.3, 0.4) is 0 Å². The van der Waals surface area contributed by atoms with Gasteiger partial charge in [0.2, 0.25) is 0 Å². The van der Waals surface area contributed by atoms with Crippen LogP contribution in [0.5, 0.6) is 0 Å². The summed E-state index contributed by atoms with van der Waals surface area (Å²) >= 11 is 0. The molecule has 0 spiro atoms. The maximum atomic E-state index is 4.79. The van der Waals surface area contributed by atoms with Gasteiger partial charge in [0.1, 0.15) is 0 Å². The molecule has 0 aliphatic rings. The maximum Gasteiger partial charge on any atom is 0.0737 e. The van der Waals surface area contributed by atoms with Gasteiger partial charge in [0.15, 0.2) is 0 Å². The quantitative estimate of drug-likeness (QED) is 0.871. The summed E-state index contributed by atoms with van der Waals surface area (Å²) in [5.74, 6) is 0.467. The Labute approximate surface area is 103 Å². The van der Waals surface area contributed by atoms with E-state index in [1.807, 2.05) is 7.05 Å². The molecular formula is C15H20N2. The molecule has 0 amide bonds. The molecule has 0 saturated carbocycles. The number of rotatable bonds is 3. The fourth-order valence-corrected chi connectivity index (χ4v) is 2.12.